The molecule has 0 aliphatic carbocycles. The Bertz CT molecular complexity index is 323. The third-order valence-electron chi connectivity index (χ3n) is 1.44. The molecule has 0 fully saturated rings. The maximum atomic E-state index is 10.1. The van der Waals surface area contributed by atoms with Gasteiger partial charge in [-0.3, -0.25) is 9.59 Å². The van der Waals surface area contributed by atoms with E-state index in [9.17, 15) is 19.3 Å². The number of urea groups is 1. The molecule has 0 spiro atoms. The summed E-state index contributed by atoms with van der Waals surface area (Å²) in [6, 6.07) is -1.89. The topological polar surface area (TPSA) is 188 Å². The van der Waals surface area contributed by atoms with E-state index in [1.54, 1.807) is 0 Å². The smallest absolute Gasteiger partial charge is 0.339 e. The Morgan fingerprint density at radius 1 is 1.28 bits per heavy atom. The molecule has 0 aromatic heterocycles. The van der Waals surface area contributed by atoms with E-state index >= 15 is 0 Å². The molecule has 4 amide bonds. The second kappa shape index (κ2) is 9.13. The number of alkyl halides is 1. The van der Waals surface area contributed by atoms with E-state index in [1.807, 2.05) is 0 Å². The van der Waals surface area contributed by atoms with Gasteiger partial charge in [-0.1, -0.05) is 11.6 Å². The molecule has 0 aliphatic heterocycles. The van der Waals surface area contributed by atoms with Crippen molar-refractivity contribution in [2.45, 2.75) is 24.9 Å². The van der Waals surface area contributed by atoms with Crippen LogP contribution in [0.2, 0.25) is 0 Å². The van der Waals surface area contributed by atoms with Crippen LogP contribution in [0.1, 0.15) is 13.3 Å². The van der Waals surface area contributed by atoms with E-state index in [4.69, 9.17) is 28.8 Å². The zero-order valence-corrected chi connectivity index (χ0v) is 10.3. The fourth-order valence-electron chi connectivity index (χ4n) is 0.598. The lowest BCUT2D eigenvalue weighted by atomic mass is 10.2. The normalized spacial score (nSPS) is 12.4. The lowest BCUT2D eigenvalue weighted by Gasteiger charge is -2.10. The average Bonchev–Trinajstić information content (AvgIpc) is 2.16. The molecule has 18 heavy (non-hydrogen) atoms. The van der Waals surface area contributed by atoms with Gasteiger partial charge >= 0.3 is 6.03 Å². The summed E-state index contributed by atoms with van der Waals surface area (Å²) in [7, 11) is 0. The van der Waals surface area contributed by atoms with Gasteiger partial charge in [0.1, 0.15) is 5.50 Å². The van der Waals surface area contributed by atoms with E-state index in [0.717, 1.165) is 0 Å². The summed E-state index contributed by atoms with van der Waals surface area (Å²) in [6.45, 7) is 1.41. The highest BCUT2D eigenvalue weighted by molar-refractivity contribution is 6.20. The molecule has 0 heterocycles. The molecule has 0 radical (unpaired) electrons. The molecule has 0 rings (SSSR count). The van der Waals surface area contributed by atoms with Crippen LogP contribution in [-0.4, -0.2) is 34.4 Å². The monoisotopic (exact) mass is 282 g/mol. The molecular weight excluding hydrogens is 268 g/mol. The number of primary amides is 3. The zero-order valence-electron chi connectivity index (χ0n) is 9.58. The molecule has 0 aromatic rings. The van der Waals surface area contributed by atoms with E-state index < -0.39 is 29.4 Å². The zero-order chi connectivity index (χ0) is 14.9. The van der Waals surface area contributed by atoms with Gasteiger partial charge in [-0.05, 0) is 6.92 Å². The van der Waals surface area contributed by atoms with Crippen molar-refractivity contribution in [3.05, 3.63) is 4.91 Å². The van der Waals surface area contributed by atoms with E-state index in [0.29, 0.717) is 5.01 Å². The number of nitroso groups, excluding NO2 is 1. The summed E-state index contributed by atoms with van der Waals surface area (Å²) in [6.07, 6.45) is -0.185. The summed E-state index contributed by atoms with van der Waals surface area (Å²) in [5.41, 5.74) is 18.3. The molecule has 104 valence electrons. The van der Waals surface area contributed by atoms with Gasteiger partial charge in [-0.15, -0.1) is 4.91 Å². The third kappa shape index (κ3) is 9.30. The number of nitrogens with two attached hydrogens (primary N) is 4. The molecule has 0 aromatic carbocycles. The summed E-state index contributed by atoms with van der Waals surface area (Å²) < 4.78 is 0. The maximum Gasteiger partial charge on any atom is 0.339 e. The van der Waals surface area contributed by atoms with Gasteiger partial charge in [0.15, 0.2) is 0 Å². The number of rotatable bonds is 5. The van der Waals surface area contributed by atoms with Crippen LogP contribution in [0.15, 0.2) is 5.29 Å². The van der Waals surface area contributed by atoms with Gasteiger partial charge < -0.3 is 22.9 Å². The largest absolute Gasteiger partial charge is 0.370 e. The van der Waals surface area contributed by atoms with Crippen molar-refractivity contribution < 1.29 is 14.4 Å². The Balaban J connectivity index is 0. The molecule has 0 aliphatic rings. The second-order valence-corrected chi connectivity index (χ2v) is 3.65. The number of hydrogen-bond donors (Lipinski definition) is 4. The van der Waals surface area contributed by atoms with Gasteiger partial charge in [-0.2, -0.15) is 5.01 Å². The van der Waals surface area contributed by atoms with Crippen LogP contribution >= 0.6 is 11.6 Å². The summed E-state index contributed by atoms with van der Waals surface area (Å²) in [4.78, 5) is 40.0. The van der Waals surface area contributed by atoms with Crippen LogP contribution < -0.4 is 22.9 Å². The summed E-state index contributed by atoms with van der Waals surface area (Å²) >= 11 is 5.27. The lowest BCUT2D eigenvalue weighted by molar-refractivity contribution is -0.124. The highest BCUT2D eigenvalue weighted by Crippen LogP contribution is 2.02. The molecular formula is C7H15ClN6O4. The van der Waals surface area contributed by atoms with E-state index in [2.05, 4.69) is 11.0 Å². The number of carbonyl (C=O) groups is 3. The first-order chi connectivity index (χ1) is 8.13. The van der Waals surface area contributed by atoms with Gasteiger partial charge in [0.2, 0.25) is 11.8 Å². The Kier molecular flexibility index (Phi) is 9.34. The molecule has 0 saturated heterocycles. The Labute approximate surface area is 108 Å². The van der Waals surface area contributed by atoms with Crippen LogP contribution in [0.4, 0.5) is 4.79 Å². The van der Waals surface area contributed by atoms with E-state index in [-0.39, 0.29) is 6.42 Å². The fourth-order valence-corrected chi connectivity index (χ4v) is 0.730. The lowest BCUT2D eigenvalue weighted by Crippen LogP contribution is -2.39. The minimum absolute atomic E-state index is 0.185. The van der Waals surface area contributed by atoms with Gasteiger partial charge in [-0.25, -0.2) is 4.79 Å². The number of amides is 4. The molecule has 8 N–H and O–H groups in total. The average molecular weight is 283 g/mol. The maximum absolute atomic E-state index is 10.1. The number of nitrogens with zero attached hydrogens (tertiary/aromatic N) is 2. The van der Waals surface area contributed by atoms with Crippen molar-refractivity contribution in [2.75, 3.05) is 0 Å². The Hall–Kier alpha value is -1.94. The molecule has 0 bridgehead atoms. The van der Waals surface area contributed by atoms with Gasteiger partial charge in [0, 0.05) is 0 Å². The molecule has 2 atom stereocenters. The first-order valence-electron chi connectivity index (χ1n) is 4.52. The standard InChI is InChI=1S/C4H9N3O2.C3H6ClN3O2/c5-2(4(7)9)1-3(6)8;1-2(4)7(6-9)3(5)8/h2H,1,5H2,(H2,6,8)(H2,7,9);2H,1H3,(H2,5,8). The summed E-state index contributed by atoms with van der Waals surface area (Å²) in [5, 5.41) is 2.70. The molecule has 10 nitrogen and oxygen atoms in total. The minimum atomic E-state index is -0.951. The van der Waals surface area contributed by atoms with Crippen molar-refractivity contribution in [1.82, 2.24) is 5.01 Å². The van der Waals surface area contributed by atoms with Crippen molar-refractivity contribution in [3.8, 4) is 0 Å². The minimum Gasteiger partial charge on any atom is -0.370 e. The quantitative estimate of drug-likeness (QED) is 0.202. The van der Waals surface area contributed by atoms with Crippen molar-refractivity contribution in [1.29, 1.82) is 0 Å². The Morgan fingerprint density at radius 2 is 1.72 bits per heavy atom. The fraction of sp³-hybridized carbons (Fsp3) is 0.571. The third-order valence-corrected chi connectivity index (χ3v) is 1.62. The van der Waals surface area contributed by atoms with Crippen LogP contribution in [-0.2, 0) is 9.59 Å². The first-order valence-corrected chi connectivity index (χ1v) is 4.96. The molecule has 11 heteroatoms. The number of carbonyl (C=O) groups excluding carboxylic acids is 3. The van der Waals surface area contributed by atoms with Crippen molar-refractivity contribution in [2.24, 2.45) is 28.2 Å². The van der Waals surface area contributed by atoms with Crippen LogP contribution in [0, 0.1) is 4.91 Å². The van der Waals surface area contributed by atoms with Gasteiger partial charge in [0.25, 0.3) is 0 Å². The highest BCUT2D eigenvalue weighted by Gasteiger charge is 2.14. The SMILES string of the molecule is CC(Cl)N(N=O)C(N)=O.NC(=O)CC(N)C(N)=O. The summed E-state index contributed by atoms with van der Waals surface area (Å²) in [5.74, 6) is -1.34. The van der Waals surface area contributed by atoms with Crippen molar-refractivity contribution >= 4 is 29.4 Å². The predicted molar refractivity (Wildman–Crippen MR) is 63.5 cm³/mol. The van der Waals surface area contributed by atoms with Crippen LogP contribution in [0.5, 0.6) is 0 Å². The molecule has 2 unspecified atom stereocenters. The first kappa shape index (κ1) is 18.4. The highest BCUT2D eigenvalue weighted by atomic mass is 35.5. The van der Waals surface area contributed by atoms with Gasteiger partial charge in [0.05, 0.1) is 17.7 Å². The predicted octanol–water partition coefficient (Wildman–Crippen LogP) is -1.69. The van der Waals surface area contributed by atoms with E-state index in [1.165, 1.54) is 6.92 Å². The van der Waals surface area contributed by atoms with Crippen LogP contribution in [0.25, 0.3) is 0 Å². The molecule has 0 saturated carbocycles. The second-order valence-electron chi connectivity index (χ2n) is 3.02. The van der Waals surface area contributed by atoms with Crippen molar-refractivity contribution in [3.63, 3.8) is 0 Å². The number of halogens is 1. The van der Waals surface area contributed by atoms with Crippen LogP contribution in [0.3, 0.4) is 0 Å². The Morgan fingerprint density at radius 3 is 1.78 bits per heavy atom. The number of hydrogen-bond acceptors (Lipinski definition) is 6.